The Balaban J connectivity index is 1.73. The van der Waals surface area contributed by atoms with Crippen molar-refractivity contribution in [1.82, 2.24) is 9.97 Å². The fourth-order valence-electron chi connectivity index (χ4n) is 4.30. The number of rotatable bonds is 4. The van der Waals surface area contributed by atoms with Crippen molar-refractivity contribution in [2.24, 2.45) is 0 Å². The topological polar surface area (TPSA) is 78.3 Å². The Bertz CT molecular complexity index is 1080. The Morgan fingerprint density at radius 2 is 1.87 bits per heavy atom. The largest absolute Gasteiger partial charge is 0.393 e. The molecule has 1 heterocycles. The van der Waals surface area contributed by atoms with Crippen molar-refractivity contribution in [2.75, 3.05) is 5.32 Å². The van der Waals surface area contributed by atoms with Gasteiger partial charge in [0.05, 0.1) is 23.3 Å². The van der Waals surface area contributed by atoms with Crippen LogP contribution in [0.3, 0.4) is 0 Å². The van der Waals surface area contributed by atoms with Crippen LogP contribution in [0.15, 0.2) is 36.4 Å². The van der Waals surface area contributed by atoms with Gasteiger partial charge in [-0.05, 0) is 69.7 Å². The molecule has 1 aliphatic carbocycles. The van der Waals surface area contributed by atoms with Gasteiger partial charge in [-0.15, -0.1) is 0 Å². The van der Waals surface area contributed by atoms with E-state index in [9.17, 15) is 14.6 Å². The van der Waals surface area contributed by atoms with E-state index in [0.29, 0.717) is 48.5 Å². The van der Waals surface area contributed by atoms with Crippen molar-refractivity contribution < 1.29 is 14.6 Å². The molecule has 0 amide bonds. The zero-order valence-electron chi connectivity index (χ0n) is 17.6. The highest BCUT2D eigenvalue weighted by Gasteiger charge is 2.34. The molecule has 1 aliphatic rings. The number of aliphatic hydroxyl groups excluding tert-OH is 1. The van der Waals surface area contributed by atoms with Gasteiger partial charge in [0, 0.05) is 10.9 Å². The van der Waals surface area contributed by atoms with E-state index in [2.05, 4.69) is 15.3 Å². The molecule has 1 saturated carbocycles. The van der Waals surface area contributed by atoms with Crippen LogP contribution in [0.5, 0.6) is 0 Å². The molecule has 1 aromatic heterocycles. The predicted molar refractivity (Wildman–Crippen MR) is 116 cm³/mol. The van der Waals surface area contributed by atoms with Crippen molar-refractivity contribution >= 4 is 16.7 Å². The average Bonchev–Trinajstić information content (AvgIpc) is 2.72. The summed E-state index contributed by atoms with van der Waals surface area (Å²) in [5, 5.41) is 25.1. The first-order valence-corrected chi connectivity index (χ1v) is 10.5. The third-order valence-corrected chi connectivity index (χ3v) is 6.17. The van der Waals surface area contributed by atoms with Crippen molar-refractivity contribution in [3.8, 4) is 0 Å². The lowest BCUT2D eigenvalue weighted by atomic mass is 9.78. The maximum absolute atomic E-state index is 14.6. The summed E-state index contributed by atoms with van der Waals surface area (Å²) in [5.41, 5.74) is 1.78. The number of aliphatic hydroxyl groups is 2. The number of benzene rings is 2. The van der Waals surface area contributed by atoms with Crippen LogP contribution in [0, 0.1) is 19.7 Å². The molecule has 0 aliphatic heterocycles. The molecule has 6 heteroatoms. The van der Waals surface area contributed by atoms with Crippen LogP contribution in [0.1, 0.15) is 61.2 Å². The van der Waals surface area contributed by atoms with Crippen LogP contribution in [-0.2, 0) is 5.60 Å². The summed E-state index contributed by atoms with van der Waals surface area (Å²) in [4.78, 5) is 9.10. The van der Waals surface area contributed by atoms with Gasteiger partial charge >= 0.3 is 0 Å². The van der Waals surface area contributed by atoms with E-state index >= 15 is 0 Å². The van der Waals surface area contributed by atoms with Crippen LogP contribution in [0.25, 0.3) is 10.9 Å². The lowest BCUT2D eigenvalue weighted by molar-refractivity contribution is -0.0360. The maximum Gasteiger partial charge on any atom is 0.138 e. The Kier molecular flexibility index (Phi) is 5.47. The molecule has 4 rings (SSSR count). The summed E-state index contributed by atoms with van der Waals surface area (Å²) in [6.45, 7) is 5.48. The second-order valence-corrected chi connectivity index (χ2v) is 8.46. The van der Waals surface area contributed by atoms with E-state index < -0.39 is 5.60 Å². The van der Waals surface area contributed by atoms with E-state index in [-0.39, 0.29) is 18.0 Å². The maximum atomic E-state index is 14.6. The summed E-state index contributed by atoms with van der Waals surface area (Å²) < 4.78 is 14.6. The number of nitrogens with zero attached hydrogens (tertiary/aromatic N) is 2. The quantitative estimate of drug-likeness (QED) is 0.583. The first kappa shape index (κ1) is 20.7. The molecule has 1 atom stereocenters. The molecular weight excluding hydrogens is 381 g/mol. The lowest BCUT2D eigenvalue weighted by Crippen LogP contribution is -2.33. The first-order chi connectivity index (χ1) is 14.3. The minimum absolute atomic E-state index is 0.219. The second kappa shape index (κ2) is 7.93. The van der Waals surface area contributed by atoms with Crippen LogP contribution in [0.2, 0.25) is 0 Å². The monoisotopic (exact) mass is 409 g/mol. The second-order valence-electron chi connectivity index (χ2n) is 8.46. The number of nitrogens with one attached hydrogen (secondary N) is 1. The normalized spacial score (nSPS) is 22.8. The number of aryl methyl sites for hydroxylation is 2. The Labute approximate surface area is 176 Å². The van der Waals surface area contributed by atoms with Crippen molar-refractivity contribution in [1.29, 1.82) is 0 Å². The van der Waals surface area contributed by atoms with Gasteiger partial charge in [-0.25, -0.2) is 14.4 Å². The van der Waals surface area contributed by atoms with E-state index in [1.165, 1.54) is 0 Å². The fraction of sp³-hybridized carbons (Fsp3) is 0.417. The smallest absolute Gasteiger partial charge is 0.138 e. The molecule has 0 bridgehead atoms. The first-order valence-electron chi connectivity index (χ1n) is 10.5. The zero-order chi connectivity index (χ0) is 21.5. The molecule has 158 valence electrons. The number of anilines is 1. The van der Waals surface area contributed by atoms with Crippen LogP contribution in [-0.4, -0.2) is 26.3 Å². The highest BCUT2D eigenvalue weighted by Crippen LogP contribution is 2.39. The van der Waals surface area contributed by atoms with Gasteiger partial charge in [0.25, 0.3) is 0 Å². The van der Waals surface area contributed by atoms with Crippen molar-refractivity contribution in [2.45, 2.75) is 64.2 Å². The van der Waals surface area contributed by atoms with Crippen molar-refractivity contribution in [3.05, 3.63) is 64.7 Å². The van der Waals surface area contributed by atoms with Gasteiger partial charge in [-0.3, -0.25) is 0 Å². The fourth-order valence-corrected chi connectivity index (χ4v) is 4.30. The van der Waals surface area contributed by atoms with Gasteiger partial charge < -0.3 is 15.5 Å². The molecule has 0 unspecified atom stereocenters. The molecule has 0 spiro atoms. The van der Waals surface area contributed by atoms with Gasteiger partial charge in [0.15, 0.2) is 0 Å². The number of hydrogen-bond donors (Lipinski definition) is 3. The third kappa shape index (κ3) is 3.89. The number of fused-ring (bicyclic) bond motifs is 1. The number of hydrogen-bond acceptors (Lipinski definition) is 5. The van der Waals surface area contributed by atoms with E-state index in [1.54, 1.807) is 19.1 Å². The Morgan fingerprint density at radius 3 is 2.60 bits per heavy atom. The number of halogens is 1. The molecule has 3 aromatic rings. The third-order valence-electron chi connectivity index (χ3n) is 6.17. The highest BCUT2D eigenvalue weighted by molar-refractivity contribution is 5.90. The summed E-state index contributed by atoms with van der Waals surface area (Å²) in [6, 6.07) is 10.8. The standard InChI is InChI=1S/C24H28FN3O2/c1-14-5-4-6-19(22(14)25)15(2)26-23-20-13-17(7-8-21(20)27-16(3)28-23)24(30)11-9-18(29)10-12-24/h4-8,13,15,18,29-30H,9-12H2,1-3H3,(H,26,27,28)/t15-,18?,24?/m1/s1. The average molecular weight is 410 g/mol. The molecular formula is C24H28FN3O2. The molecule has 2 aromatic carbocycles. The summed E-state index contributed by atoms with van der Waals surface area (Å²) in [7, 11) is 0. The minimum Gasteiger partial charge on any atom is -0.393 e. The van der Waals surface area contributed by atoms with Gasteiger partial charge in [0.2, 0.25) is 0 Å². The van der Waals surface area contributed by atoms with Gasteiger partial charge in [0.1, 0.15) is 17.5 Å². The molecule has 30 heavy (non-hydrogen) atoms. The minimum atomic E-state index is -0.968. The van der Waals surface area contributed by atoms with Crippen LogP contribution in [0.4, 0.5) is 10.2 Å². The molecule has 3 N–H and O–H groups in total. The molecule has 0 radical (unpaired) electrons. The summed E-state index contributed by atoms with van der Waals surface area (Å²) in [5.74, 6) is 1.02. The van der Waals surface area contributed by atoms with E-state index in [1.807, 2.05) is 38.1 Å². The summed E-state index contributed by atoms with van der Waals surface area (Å²) >= 11 is 0. The SMILES string of the molecule is Cc1nc(N[C@H](C)c2cccc(C)c2F)c2cc(C3(O)CCC(O)CC3)ccc2n1. The highest BCUT2D eigenvalue weighted by atomic mass is 19.1. The number of aromatic nitrogens is 2. The lowest BCUT2D eigenvalue weighted by Gasteiger charge is -2.35. The Hall–Kier alpha value is -2.57. The van der Waals surface area contributed by atoms with Gasteiger partial charge in [-0.1, -0.05) is 24.3 Å². The molecule has 0 saturated heterocycles. The Morgan fingerprint density at radius 1 is 1.13 bits per heavy atom. The van der Waals surface area contributed by atoms with E-state index in [4.69, 9.17) is 0 Å². The summed E-state index contributed by atoms with van der Waals surface area (Å²) in [6.07, 6.45) is 1.83. The van der Waals surface area contributed by atoms with Gasteiger partial charge in [-0.2, -0.15) is 0 Å². The predicted octanol–water partition coefficient (Wildman–Crippen LogP) is 4.68. The van der Waals surface area contributed by atoms with Crippen LogP contribution >= 0.6 is 0 Å². The van der Waals surface area contributed by atoms with Crippen molar-refractivity contribution in [3.63, 3.8) is 0 Å². The molecule has 1 fully saturated rings. The molecule has 5 nitrogen and oxygen atoms in total. The van der Waals surface area contributed by atoms with E-state index in [0.717, 1.165) is 16.5 Å². The zero-order valence-corrected chi connectivity index (χ0v) is 17.6. The van der Waals surface area contributed by atoms with Crippen LogP contribution < -0.4 is 5.32 Å².